The molecule has 1 aromatic rings. The summed E-state index contributed by atoms with van der Waals surface area (Å²) in [5.74, 6) is 0. The molecular weight excluding hydrogens is 200 g/mol. The molecule has 2 heteroatoms. The summed E-state index contributed by atoms with van der Waals surface area (Å²) in [7, 11) is 0. The van der Waals surface area contributed by atoms with Gasteiger partial charge in [-0.3, -0.25) is 0 Å². The number of ether oxygens (including phenoxy) is 1. The Bertz CT molecular complexity index is 339. The van der Waals surface area contributed by atoms with Crippen LogP contribution in [0.4, 0.5) is 0 Å². The van der Waals surface area contributed by atoms with Crippen LogP contribution in [0.2, 0.25) is 0 Å². The van der Waals surface area contributed by atoms with Crippen molar-refractivity contribution in [2.75, 3.05) is 13.2 Å². The zero-order chi connectivity index (χ0) is 11.9. The molecular formula is C14H18O2. The predicted octanol–water partition coefficient (Wildman–Crippen LogP) is 2.94. The van der Waals surface area contributed by atoms with E-state index >= 15 is 0 Å². The van der Waals surface area contributed by atoms with Crippen molar-refractivity contribution < 1.29 is 9.53 Å². The molecule has 86 valence electrons. The Hall–Kier alpha value is -1.41. The van der Waals surface area contributed by atoms with E-state index in [9.17, 15) is 4.79 Å². The van der Waals surface area contributed by atoms with Crippen LogP contribution in [0.25, 0.3) is 6.08 Å². The molecule has 1 aromatic carbocycles. The van der Waals surface area contributed by atoms with Gasteiger partial charge in [-0.25, -0.2) is 0 Å². The van der Waals surface area contributed by atoms with E-state index in [0.29, 0.717) is 13.2 Å². The van der Waals surface area contributed by atoms with Gasteiger partial charge in [0, 0.05) is 5.41 Å². The second-order valence-corrected chi connectivity index (χ2v) is 4.43. The van der Waals surface area contributed by atoms with Crippen molar-refractivity contribution in [3.63, 3.8) is 0 Å². The Morgan fingerprint density at radius 2 is 1.94 bits per heavy atom. The number of hydrogen-bond acceptors (Lipinski definition) is 2. The molecule has 0 aromatic heterocycles. The molecule has 0 saturated carbocycles. The lowest BCUT2D eigenvalue weighted by molar-refractivity contribution is -0.117. The zero-order valence-corrected chi connectivity index (χ0v) is 9.85. The topological polar surface area (TPSA) is 26.3 Å². The van der Waals surface area contributed by atoms with Crippen LogP contribution in [0.1, 0.15) is 19.4 Å². The lowest BCUT2D eigenvalue weighted by Gasteiger charge is -2.15. The van der Waals surface area contributed by atoms with E-state index in [0.717, 1.165) is 11.8 Å². The minimum Gasteiger partial charge on any atom is -0.376 e. The van der Waals surface area contributed by atoms with Gasteiger partial charge in [-0.1, -0.05) is 56.3 Å². The van der Waals surface area contributed by atoms with Crippen LogP contribution in [0.5, 0.6) is 0 Å². The number of carbonyl (C=O) groups is 1. The van der Waals surface area contributed by atoms with Gasteiger partial charge >= 0.3 is 0 Å². The summed E-state index contributed by atoms with van der Waals surface area (Å²) < 4.78 is 5.39. The summed E-state index contributed by atoms with van der Waals surface area (Å²) in [6, 6.07) is 10.0. The van der Waals surface area contributed by atoms with Gasteiger partial charge in [0.2, 0.25) is 0 Å². The first kappa shape index (κ1) is 12.7. The van der Waals surface area contributed by atoms with Crippen molar-refractivity contribution in [2.45, 2.75) is 13.8 Å². The van der Waals surface area contributed by atoms with Crippen molar-refractivity contribution in [1.29, 1.82) is 0 Å². The van der Waals surface area contributed by atoms with Crippen molar-refractivity contribution in [3.05, 3.63) is 42.0 Å². The van der Waals surface area contributed by atoms with E-state index in [1.807, 2.05) is 56.3 Å². The van der Waals surface area contributed by atoms with Gasteiger partial charge in [0.15, 0.2) is 0 Å². The summed E-state index contributed by atoms with van der Waals surface area (Å²) in [5.41, 5.74) is 0.765. The third-order valence-electron chi connectivity index (χ3n) is 2.12. The summed E-state index contributed by atoms with van der Waals surface area (Å²) in [4.78, 5) is 10.6. The van der Waals surface area contributed by atoms with Gasteiger partial charge in [0.25, 0.3) is 0 Å². The fraction of sp³-hybridized carbons (Fsp3) is 0.357. The highest BCUT2D eigenvalue weighted by Crippen LogP contribution is 2.10. The highest BCUT2D eigenvalue weighted by atomic mass is 16.5. The van der Waals surface area contributed by atoms with Crippen LogP contribution >= 0.6 is 0 Å². The predicted molar refractivity (Wildman–Crippen MR) is 66.1 cm³/mol. The molecule has 0 amide bonds. The smallest absolute Gasteiger partial charge is 0.127 e. The monoisotopic (exact) mass is 218 g/mol. The second-order valence-electron chi connectivity index (χ2n) is 4.43. The molecule has 0 spiro atoms. The summed E-state index contributed by atoms with van der Waals surface area (Å²) in [6.45, 7) is 4.71. The van der Waals surface area contributed by atoms with E-state index in [2.05, 4.69) is 0 Å². The van der Waals surface area contributed by atoms with Gasteiger partial charge in [0.05, 0.1) is 13.2 Å². The maximum Gasteiger partial charge on any atom is 0.127 e. The van der Waals surface area contributed by atoms with Crippen LogP contribution in [0.15, 0.2) is 36.4 Å². The van der Waals surface area contributed by atoms with Crippen LogP contribution in [-0.2, 0) is 9.53 Å². The molecule has 0 saturated heterocycles. The largest absolute Gasteiger partial charge is 0.376 e. The third kappa shape index (κ3) is 4.89. The molecule has 0 atom stereocenters. The number of hydrogen-bond donors (Lipinski definition) is 0. The SMILES string of the molecule is CC(C)(C=O)COCC=Cc1ccccc1. The Kier molecular flexibility index (Phi) is 4.93. The van der Waals surface area contributed by atoms with Crippen molar-refractivity contribution >= 4 is 12.4 Å². The normalized spacial score (nSPS) is 11.9. The average molecular weight is 218 g/mol. The molecule has 0 N–H and O–H groups in total. The van der Waals surface area contributed by atoms with Gasteiger partial charge < -0.3 is 9.53 Å². The van der Waals surface area contributed by atoms with E-state index in [4.69, 9.17) is 4.74 Å². The minimum atomic E-state index is -0.388. The number of aldehydes is 1. The maximum absolute atomic E-state index is 10.6. The molecule has 0 radical (unpaired) electrons. The molecule has 0 aliphatic rings. The fourth-order valence-electron chi connectivity index (χ4n) is 1.17. The van der Waals surface area contributed by atoms with Gasteiger partial charge in [-0.15, -0.1) is 0 Å². The Balaban J connectivity index is 2.26. The van der Waals surface area contributed by atoms with E-state index < -0.39 is 0 Å². The highest BCUT2D eigenvalue weighted by molar-refractivity contribution is 5.57. The lowest BCUT2D eigenvalue weighted by atomic mass is 9.98. The van der Waals surface area contributed by atoms with E-state index in [-0.39, 0.29) is 5.41 Å². The quantitative estimate of drug-likeness (QED) is 0.542. The zero-order valence-electron chi connectivity index (χ0n) is 9.85. The van der Waals surface area contributed by atoms with Crippen molar-refractivity contribution in [3.8, 4) is 0 Å². The summed E-state index contributed by atoms with van der Waals surface area (Å²) in [5, 5.41) is 0. The van der Waals surface area contributed by atoms with Gasteiger partial charge in [-0.2, -0.15) is 0 Å². The van der Waals surface area contributed by atoms with Crippen LogP contribution < -0.4 is 0 Å². The van der Waals surface area contributed by atoms with Gasteiger partial charge in [0.1, 0.15) is 6.29 Å². The fourth-order valence-corrected chi connectivity index (χ4v) is 1.17. The Labute approximate surface area is 96.9 Å². The molecule has 0 aliphatic heterocycles. The second kappa shape index (κ2) is 6.23. The van der Waals surface area contributed by atoms with Crippen LogP contribution in [0, 0.1) is 5.41 Å². The molecule has 0 fully saturated rings. The van der Waals surface area contributed by atoms with Crippen LogP contribution in [0.3, 0.4) is 0 Å². The third-order valence-corrected chi connectivity index (χ3v) is 2.12. The molecule has 0 unspecified atom stereocenters. The highest BCUT2D eigenvalue weighted by Gasteiger charge is 2.15. The summed E-state index contributed by atoms with van der Waals surface area (Å²) >= 11 is 0. The standard InChI is InChI=1S/C14H18O2/c1-14(2,11-15)12-16-10-6-9-13-7-4-3-5-8-13/h3-9,11H,10,12H2,1-2H3. The Morgan fingerprint density at radius 1 is 1.25 bits per heavy atom. The molecule has 2 nitrogen and oxygen atoms in total. The molecule has 1 rings (SSSR count). The van der Waals surface area contributed by atoms with Crippen molar-refractivity contribution in [1.82, 2.24) is 0 Å². The molecule has 0 heterocycles. The summed E-state index contributed by atoms with van der Waals surface area (Å²) in [6.07, 6.45) is 4.89. The van der Waals surface area contributed by atoms with Crippen molar-refractivity contribution in [2.24, 2.45) is 5.41 Å². The molecule has 0 aliphatic carbocycles. The first-order chi connectivity index (χ1) is 7.64. The molecule has 16 heavy (non-hydrogen) atoms. The molecule has 0 bridgehead atoms. The van der Waals surface area contributed by atoms with E-state index in [1.165, 1.54) is 0 Å². The lowest BCUT2D eigenvalue weighted by Crippen LogP contribution is -2.20. The number of carbonyl (C=O) groups excluding carboxylic acids is 1. The maximum atomic E-state index is 10.6. The van der Waals surface area contributed by atoms with Gasteiger partial charge in [-0.05, 0) is 5.56 Å². The first-order valence-electron chi connectivity index (χ1n) is 5.40. The average Bonchev–Trinajstić information content (AvgIpc) is 2.30. The van der Waals surface area contributed by atoms with E-state index in [1.54, 1.807) is 0 Å². The van der Waals surface area contributed by atoms with Crippen LogP contribution in [-0.4, -0.2) is 19.5 Å². The number of rotatable bonds is 6. The Morgan fingerprint density at radius 3 is 2.56 bits per heavy atom. The first-order valence-corrected chi connectivity index (χ1v) is 5.40. The number of benzene rings is 1. The minimum absolute atomic E-state index is 0.388.